The zero-order valence-electron chi connectivity index (χ0n) is 10.0. The molecular weight excluding hydrogens is 220 g/mol. The second kappa shape index (κ2) is 5.39. The van der Waals surface area contributed by atoms with E-state index in [9.17, 15) is 0 Å². The lowest BCUT2D eigenvalue weighted by molar-refractivity contribution is 0.196. The zero-order valence-corrected chi connectivity index (χ0v) is 10.0. The highest BCUT2D eigenvalue weighted by Gasteiger charge is 2.25. The van der Waals surface area contributed by atoms with Crippen LogP contribution in [-0.2, 0) is 19.5 Å². The van der Waals surface area contributed by atoms with Crippen molar-refractivity contribution in [1.29, 1.82) is 0 Å². The number of aliphatic hydroxyl groups excluding tert-OH is 1. The average molecular weight is 238 g/mol. The molecule has 0 fully saturated rings. The van der Waals surface area contributed by atoms with Crippen LogP contribution in [0.15, 0.2) is 0 Å². The van der Waals surface area contributed by atoms with Gasteiger partial charge in [0.1, 0.15) is 5.82 Å². The van der Waals surface area contributed by atoms with E-state index in [4.69, 9.17) is 15.6 Å². The molecule has 17 heavy (non-hydrogen) atoms. The van der Waals surface area contributed by atoms with Gasteiger partial charge in [0, 0.05) is 26.1 Å². The molecule has 0 aromatic carbocycles. The van der Waals surface area contributed by atoms with Crippen LogP contribution in [0.5, 0.6) is 5.88 Å². The molecule has 0 unspecified atom stereocenters. The van der Waals surface area contributed by atoms with Crippen LogP contribution in [0.25, 0.3) is 0 Å². The van der Waals surface area contributed by atoms with Crippen LogP contribution in [0, 0.1) is 0 Å². The van der Waals surface area contributed by atoms with Gasteiger partial charge >= 0.3 is 0 Å². The van der Waals surface area contributed by atoms with E-state index in [-0.39, 0.29) is 6.61 Å². The fourth-order valence-corrected chi connectivity index (χ4v) is 2.05. The van der Waals surface area contributed by atoms with Crippen molar-refractivity contribution in [1.82, 2.24) is 14.9 Å². The van der Waals surface area contributed by atoms with Gasteiger partial charge in [-0.2, -0.15) is 4.98 Å². The summed E-state index contributed by atoms with van der Waals surface area (Å²) < 4.78 is 5.29. The summed E-state index contributed by atoms with van der Waals surface area (Å²) in [6.45, 7) is 2.81. The number of aromatic nitrogens is 2. The minimum atomic E-state index is 0.152. The Morgan fingerprint density at radius 3 is 2.88 bits per heavy atom. The number of methoxy groups -OCH3 is 1. The lowest BCUT2D eigenvalue weighted by Gasteiger charge is -2.11. The largest absolute Gasteiger partial charge is 0.481 e. The van der Waals surface area contributed by atoms with Crippen molar-refractivity contribution in [3.05, 3.63) is 17.1 Å². The van der Waals surface area contributed by atoms with E-state index in [0.29, 0.717) is 25.4 Å². The van der Waals surface area contributed by atoms with Gasteiger partial charge in [-0.05, 0) is 6.54 Å². The maximum atomic E-state index is 8.95. The van der Waals surface area contributed by atoms with E-state index in [1.807, 2.05) is 0 Å². The molecule has 2 heterocycles. The van der Waals surface area contributed by atoms with E-state index < -0.39 is 0 Å². The molecule has 94 valence electrons. The third-order valence-electron chi connectivity index (χ3n) is 2.83. The smallest absolute Gasteiger partial charge is 0.221 e. The highest BCUT2D eigenvalue weighted by atomic mass is 16.5. The number of hydrogen-bond acceptors (Lipinski definition) is 6. The molecule has 0 saturated heterocycles. The molecule has 0 amide bonds. The lowest BCUT2D eigenvalue weighted by Crippen LogP contribution is -2.20. The van der Waals surface area contributed by atoms with Crippen molar-refractivity contribution in [2.75, 3.05) is 26.8 Å². The van der Waals surface area contributed by atoms with Gasteiger partial charge in [-0.1, -0.05) is 0 Å². The van der Waals surface area contributed by atoms with Crippen LogP contribution in [0.4, 0.5) is 0 Å². The molecule has 0 atom stereocenters. The maximum Gasteiger partial charge on any atom is 0.221 e. The minimum Gasteiger partial charge on any atom is -0.481 e. The average Bonchev–Trinajstić information content (AvgIpc) is 2.71. The molecule has 0 radical (unpaired) electrons. The molecule has 3 N–H and O–H groups in total. The molecule has 0 saturated carbocycles. The predicted octanol–water partition coefficient (Wildman–Crippen LogP) is -0.706. The Morgan fingerprint density at radius 1 is 1.41 bits per heavy atom. The van der Waals surface area contributed by atoms with Gasteiger partial charge in [-0.15, -0.1) is 0 Å². The Morgan fingerprint density at radius 2 is 2.24 bits per heavy atom. The Labute approximate surface area is 100 Å². The van der Waals surface area contributed by atoms with E-state index in [2.05, 4.69) is 14.9 Å². The fraction of sp³-hybridized carbons (Fsp3) is 0.636. The van der Waals surface area contributed by atoms with Gasteiger partial charge < -0.3 is 15.6 Å². The van der Waals surface area contributed by atoms with Crippen LogP contribution in [0.3, 0.4) is 0 Å². The third-order valence-corrected chi connectivity index (χ3v) is 2.83. The van der Waals surface area contributed by atoms with Crippen molar-refractivity contribution in [2.24, 2.45) is 5.73 Å². The van der Waals surface area contributed by atoms with E-state index in [1.54, 1.807) is 7.11 Å². The van der Waals surface area contributed by atoms with Gasteiger partial charge in [0.05, 0.1) is 25.0 Å². The molecule has 0 bridgehead atoms. The first-order valence-electron chi connectivity index (χ1n) is 5.74. The van der Waals surface area contributed by atoms with E-state index >= 15 is 0 Å². The molecule has 1 aliphatic heterocycles. The second-order valence-corrected chi connectivity index (χ2v) is 4.05. The maximum absolute atomic E-state index is 8.95. The number of β-amino-alcohol motifs (C(OH)–C–C–N with tert-alkyl or cyclic N) is 1. The van der Waals surface area contributed by atoms with E-state index in [0.717, 1.165) is 30.2 Å². The standard InChI is InChI=1S/C11H18N4O2/c1-17-11-8-6-15(4-5-16)7-9(8)13-10(14-11)2-3-12/h16H,2-7,12H2,1H3. The number of aliphatic hydroxyl groups is 1. The topological polar surface area (TPSA) is 84.5 Å². The molecule has 1 aromatic rings. The zero-order chi connectivity index (χ0) is 12.3. The molecule has 0 aliphatic carbocycles. The Balaban J connectivity index is 2.25. The van der Waals surface area contributed by atoms with Gasteiger partial charge in [-0.3, -0.25) is 4.90 Å². The summed E-state index contributed by atoms with van der Waals surface area (Å²) in [5, 5.41) is 8.95. The Kier molecular flexibility index (Phi) is 3.88. The molecule has 6 nitrogen and oxygen atoms in total. The molecule has 1 aliphatic rings. The second-order valence-electron chi connectivity index (χ2n) is 4.05. The molecule has 1 aromatic heterocycles. The summed E-state index contributed by atoms with van der Waals surface area (Å²) in [6, 6.07) is 0. The molecule has 2 rings (SSSR count). The summed E-state index contributed by atoms with van der Waals surface area (Å²) in [4.78, 5) is 11.0. The first-order valence-corrected chi connectivity index (χ1v) is 5.74. The van der Waals surface area contributed by atoms with Crippen LogP contribution >= 0.6 is 0 Å². The van der Waals surface area contributed by atoms with Gasteiger partial charge in [-0.25, -0.2) is 4.98 Å². The summed E-state index contributed by atoms with van der Waals surface area (Å²) in [6.07, 6.45) is 0.656. The van der Waals surface area contributed by atoms with Crippen molar-refractivity contribution < 1.29 is 9.84 Å². The Hall–Kier alpha value is -1.24. The molecule has 0 spiro atoms. The number of ether oxygens (including phenoxy) is 1. The molecular formula is C11H18N4O2. The van der Waals surface area contributed by atoms with Gasteiger partial charge in [0.25, 0.3) is 0 Å². The number of nitrogens with two attached hydrogens (primary N) is 1. The van der Waals surface area contributed by atoms with Crippen molar-refractivity contribution >= 4 is 0 Å². The normalized spacial score (nSPS) is 15.0. The Bertz CT molecular complexity index is 397. The van der Waals surface area contributed by atoms with Crippen molar-refractivity contribution in [2.45, 2.75) is 19.5 Å². The number of hydrogen-bond donors (Lipinski definition) is 2. The SMILES string of the molecule is COc1nc(CCN)nc2c1CN(CCO)C2. The number of fused-ring (bicyclic) bond motifs is 1. The summed E-state index contributed by atoms with van der Waals surface area (Å²) >= 11 is 0. The lowest BCUT2D eigenvalue weighted by atomic mass is 10.2. The van der Waals surface area contributed by atoms with Crippen LogP contribution < -0.4 is 10.5 Å². The predicted molar refractivity (Wildman–Crippen MR) is 62.5 cm³/mol. The van der Waals surface area contributed by atoms with Crippen LogP contribution in [-0.4, -0.2) is 46.8 Å². The van der Waals surface area contributed by atoms with Crippen molar-refractivity contribution in [3.8, 4) is 5.88 Å². The van der Waals surface area contributed by atoms with E-state index in [1.165, 1.54) is 0 Å². The fourth-order valence-electron chi connectivity index (χ4n) is 2.05. The quantitative estimate of drug-likeness (QED) is 0.705. The summed E-state index contributed by atoms with van der Waals surface area (Å²) in [7, 11) is 1.61. The monoisotopic (exact) mass is 238 g/mol. The summed E-state index contributed by atoms with van der Waals surface area (Å²) in [5.74, 6) is 1.37. The first-order chi connectivity index (χ1) is 8.28. The number of nitrogens with zero attached hydrogens (tertiary/aromatic N) is 3. The third kappa shape index (κ3) is 2.54. The highest BCUT2D eigenvalue weighted by Crippen LogP contribution is 2.27. The van der Waals surface area contributed by atoms with Gasteiger partial charge in [0.15, 0.2) is 0 Å². The van der Waals surface area contributed by atoms with Crippen LogP contribution in [0.2, 0.25) is 0 Å². The number of rotatable bonds is 5. The highest BCUT2D eigenvalue weighted by molar-refractivity contribution is 5.34. The minimum absolute atomic E-state index is 0.152. The first kappa shape index (κ1) is 12.2. The van der Waals surface area contributed by atoms with Crippen molar-refractivity contribution in [3.63, 3.8) is 0 Å². The molecule has 6 heteroatoms. The summed E-state index contributed by atoms with van der Waals surface area (Å²) in [5.41, 5.74) is 7.53. The van der Waals surface area contributed by atoms with Gasteiger partial charge in [0.2, 0.25) is 5.88 Å². The van der Waals surface area contributed by atoms with Crippen LogP contribution in [0.1, 0.15) is 17.1 Å².